The van der Waals surface area contributed by atoms with E-state index in [1.807, 2.05) is 18.2 Å². The lowest BCUT2D eigenvalue weighted by atomic mass is 9.55. The van der Waals surface area contributed by atoms with Crippen molar-refractivity contribution in [3.63, 3.8) is 0 Å². The molecule has 2 atom stereocenters. The van der Waals surface area contributed by atoms with Crippen molar-refractivity contribution in [1.82, 2.24) is 4.72 Å². The molecule has 49 heavy (non-hydrogen) atoms. The third-order valence-corrected chi connectivity index (χ3v) is 18.6. The van der Waals surface area contributed by atoms with Gasteiger partial charge in [-0.1, -0.05) is 32.2 Å². The molecule has 0 spiro atoms. The Morgan fingerprint density at radius 2 is 1.06 bits per heavy atom. The van der Waals surface area contributed by atoms with E-state index in [2.05, 4.69) is 10.8 Å². The fraction of sp³-hybridized carbons (Fsp3) is 0.692. The van der Waals surface area contributed by atoms with Crippen LogP contribution in [-0.2, 0) is 23.3 Å². The number of alkyl halides is 6. The van der Waals surface area contributed by atoms with Crippen LogP contribution in [0.3, 0.4) is 0 Å². The van der Waals surface area contributed by atoms with E-state index in [0.717, 1.165) is 17.4 Å². The second kappa shape index (κ2) is 11.8. The second-order valence-corrected chi connectivity index (χ2v) is 23.0. The van der Waals surface area contributed by atoms with Gasteiger partial charge in [0.15, 0.2) is 0 Å². The van der Waals surface area contributed by atoms with E-state index in [1.165, 1.54) is 77.0 Å². The van der Waals surface area contributed by atoms with E-state index in [0.29, 0.717) is 41.1 Å². The second-order valence-electron chi connectivity index (χ2n) is 17.9. The molecule has 1 N–H and O–H groups in total. The first-order valence-electron chi connectivity index (χ1n) is 18.3. The molecule has 10 heteroatoms. The molecule has 0 aliphatic heterocycles. The van der Waals surface area contributed by atoms with Gasteiger partial charge >= 0.3 is 12.4 Å². The first-order valence-corrected chi connectivity index (χ1v) is 20.8. The lowest BCUT2D eigenvalue weighted by Gasteiger charge is -2.67. The van der Waals surface area contributed by atoms with Gasteiger partial charge in [-0.15, -0.1) is 0 Å². The topological polar surface area (TPSA) is 29.1 Å². The first-order chi connectivity index (χ1) is 22.9. The number of benzene rings is 2. The number of hydrogen-bond acceptors (Lipinski definition) is 1. The minimum absolute atomic E-state index is 0.129. The summed E-state index contributed by atoms with van der Waals surface area (Å²) in [6.07, 6.45) is 4.95. The fourth-order valence-electron chi connectivity index (χ4n) is 12.4. The van der Waals surface area contributed by atoms with Gasteiger partial charge in [0.2, 0.25) is 0 Å². The third kappa shape index (κ3) is 6.26. The normalized spacial score (nSPS) is 37.0. The largest absolute Gasteiger partial charge is 0.416 e. The Labute approximate surface area is 290 Å². The van der Waals surface area contributed by atoms with Crippen LogP contribution in [0.2, 0.25) is 0 Å². The quantitative estimate of drug-likeness (QED) is 0.224. The van der Waals surface area contributed by atoms with Crippen LogP contribution in [0.5, 0.6) is 0 Å². The minimum atomic E-state index is -4.98. The van der Waals surface area contributed by atoms with Crippen LogP contribution in [0.1, 0.15) is 126 Å². The van der Waals surface area contributed by atoms with Gasteiger partial charge in [0.25, 0.3) is 0 Å². The van der Waals surface area contributed by atoms with Gasteiger partial charge in [-0.3, -0.25) is 0 Å². The highest BCUT2D eigenvalue weighted by molar-refractivity contribution is 7.84. The number of hydrogen-bond donors (Lipinski definition) is 1. The van der Waals surface area contributed by atoms with E-state index < -0.39 is 53.2 Å². The van der Waals surface area contributed by atoms with Gasteiger partial charge in [-0.2, -0.15) is 26.3 Å². The maximum Gasteiger partial charge on any atom is 0.416 e. The molecule has 2 nitrogen and oxygen atoms in total. The molecule has 10 rings (SSSR count). The van der Waals surface area contributed by atoms with E-state index in [1.54, 1.807) is 20.8 Å². The zero-order valence-electron chi connectivity index (χ0n) is 28.6. The van der Waals surface area contributed by atoms with Crippen molar-refractivity contribution < 1.29 is 30.6 Å². The van der Waals surface area contributed by atoms with Gasteiger partial charge in [0, 0.05) is 0 Å². The molecular weight excluding hydrogens is 675 g/mol. The summed E-state index contributed by atoms with van der Waals surface area (Å²) in [6, 6.07) is 8.77. The molecule has 0 heterocycles. The Morgan fingerprint density at radius 1 is 0.673 bits per heavy atom. The van der Waals surface area contributed by atoms with Gasteiger partial charge in [0.05, 0.1) is 32.9 Å². The van der Waals surface area contributed by atoms with Gasteiger partial charge in [-0.05, 0) is 178 Å². The van der Waals surface area contributed by atoms with E-state index >= 15 is 0 Å². The summed E-state index contributed by atoms with van der Waals surface area (Å²) in [7, 11) is -2.62. The Hall–Kier alpha value is -1.44. The molecule has 2 aromatic rings. The van der Waals surface area contributed by atoms with Crippen molar-refractivity contribution in [1.29, 1.82) is 0 Å². The molecule has 0 aromatic heterocycles. The molecule has 8 fully saturated rings. The first kappa shape index (κ1) is 34.6. The summed E-state index contributed by atoms with van der Waals surface area (Å²) in [4.78, 5) is 0. The van der Waals surface area contributed by atoms with E-state index in [4.69, 9.17) is 0 Å². The monoisotopic (exact) mass is 723 g/mol. The molecule has 0 amide bonds. The molecule has 0 saturated heterocycles. The average Bonchev–Trinajstić information content (AvgIpc) is 2.97. The maximum absolute atomic E-state index is 14.3. The van der Waals surface area contributed by atoms with Gasteiger partial charge in [-0.25, -0.2) is 8.93 Å². The predicted molar refractivity (Wildman–Crippen MR) is 184 cm³/mol. The lowest BCUT2D eigenvalue weighted by Crippen LogP contribution is -2.58. The average molecular weight is 724 g/mol. The summed E-state index contributed by atoms with van der Waals surface area (Å²) >= 11 is 0. The van der Waals surface area contributed by atoms with Crippen molar-refractivity contribution in [2.75, 3.05) is 0 Å². The van der Waals surface area contributed by atoms with Crippen molar-refractivity contribution in [3.8, 4) is 0 Å². The van der Waals surface area contributed by atoms with Gasteiger partial charge < -0.3 is 0 Å². The molecule has 268 valence electrons. The lowest BCUT2D eigenvalue weighted by molar-refractivity contribution is -0.143. The summed E-state index contributed by atoms with van der Waals surface area (Å²) in [5, 5.41) is 1.39. The Balaban J connectivity index is 1.34. The van der Waals surface area contributed by atoms with E-state index in [9.17, 15) is 30.6 Å². The van der Waals surface area contributed by atoms with Crippen LogP contribution in [0.4, 0.5) is 26.3 Å². The highest BCUT2D eigenvalue weighted by Crippen LogP contribution is 2.78. The van der Waals surface area contributed by atoms with Crippen molar-refractivity contribution in [2.45, 2.75) is 131 Å². The van der Waals surface area contributed by atoms with Crippen LogP contribution in [0.25, 0.3) is 0 Å². The van der Waals surface area contributed by atoms with Crippen LogP contribution < -0.4 is 10.0 Å². The molecule has 8 bridgehead atoms. The third-order valence-electron chi connectivity index (χ3n) is 13.2. The predicted octanol–water partition coefficient (Wildman–Crippen LogP) is 10.9. The van der Waals surface area contributed by atoms with Crippen LogP contribution in [0.15, 0.2) is 42.5 Å². The Kier molecular flexibility index (Phi) is 8.33. The summed E-state index contributed by atoms with van der Waals surface area (Å²) < 4.78 is 102. The van der Waals surface area contributed by atoms with Crippen LogP contribution in [0, 0.1) is 35.5 Å². The van der Waals surface area contributed by atoms with E-state index in [-0.39, 0.29) is 21.9 Å². The summed E-state index contributed by atoms with van der Waals surface area (Å²) in [5.74, 6) is 4.24. The number of rotatable bonds is 7. The zero-order valence-corrected chi connectivity index (χ0v) is 30.3. The Morgan fingerprint density at radius 3 is 1.43 bits per heavy atom. The molecule has 2 aromatic carbocycles. The van der Waals surface area contributed by atoms with Gasteiger partial charge in [0.1, 0.15) is 0 Å². The molecule has 8 aliphatic rings. The van der Waals surface area contributed by atoms with Crippen molar-refractivity contribution in [2.24, 2.45) is 35.5 Å². The SMILES string of the molecule is CC(C)(C)S(=O)N[C@H](c1cc(C(F)(F)F)cc(C(F)(F)F)c1)c1ccccc1P(C12CC3CC(CC(C3)C1)C2)C12CC3CC(CC(C3)C1)C2. The minimum Gasteiger partial charge on any atom is -0.242 e. The Bertz CT molecular complexity index is 1480. The van der Waals surface area contributed by atoms with Crippen molar-refractivity contribution >= 4 is 24.2 Å². The van der Waals surface area contributed by atoms with Crippen molar-refractivity contribution in [3.05, 3.63) is 64.7 Å². The highest BCUT2D eigenvalue weighted by Gasteiger charge is 2.63. The number of nitrogens with one attached hydrogen (secondary N) is 1. The van der Waals surface area contributed by atoms with Crippen LogP contribution in [-0.4, -0.2) is 19.3 Å². The standard InChI is InChI=1S/C39H48F6NOPS/c1-35(2,3)49(47)46-34(29-14-30(38(40,41)42)16-31(15-29)39(43,44)45)32-6-4-5-7-33(32)48(36-17-23-8-24(18-36)10-25(9-23)19-36)37-20-26-11-27(21-37)13-28(12-26)22-37/h4-7,14-16,23-28,34,46H,8-13,17-22H2,1-3H3/t23?,24?,25?,26?,27?,28?,34-,36?,37?,48?,49?/m1/s1. The molecule has 8 saturated carbocycles. The number of halogens is 6. The highest BCUT2D eigenvalue weighted by atomic mass is 32.2. The summed E-state index contributed by atoms with van der Waals surface area (Å²) in [5.41, 5.74) is -2.11. The zero-order chi connectivity index (χ0) is 34.7. The molecule has 8 aliphatic carbocycles. The molecule has 1 unspecified atom stereocenters. The summed E-state index contributed by atoms with van der Waals surface area (Å²) in [6.45, 7) is 5.30. The smallest absolute Gasteiger partial charge is 0.242 e. The maximum atomic E-state index is 14.3. The fourth-order valence-corrected chi connectivity index (χ4v) is 18.6. The molecular formula is C39H48F6NOPS. The molecule has 0 radical (unpaired) electrons. The van der Waals surface area contributed by atoms with Crippen LogP contribution >= 0.6 is 7.92 Å².